The number of hydrogen-bond acceptors (Lipinski definition) is 2. The Balaban J connectivity index is 1.61. The van der Waals surface area contributed by atoms with Gasteiger partial charge in [0.2, 0.25) is 0 Å². The molecule has 1 aliphatic heterocycles. The molecule has 0 aliphatic carbocycles. The van der Waals surface area contributed by atoms with Gasteiger partial charge in [-0.1, -0.05) is 48.0 Å². The molecule has 2 amide bonds. The maximum absolute atomic E-state index is 12.7. The van der Waals surface area contributed by atoms with E-state index in [1.54, 1.807) is 0 Å². The first-order valence-corrected chi connectivity index (χ1v) is 9.69. The van der Waals surface area contributed by atoms with Crippen molar-refractivity contribution in [2.45, 2.75) is 19.8 Å². The highest BCUT2D eigenvalue weighted by Crippen LogP contribution is 2.18. The molecule has 0 spiro atoms. The van der Waals surface area contributed by atoms with E-state index in [1.165, 1.54) is 5.56 Å². The van der Waals surface area contributed by atoms with Gasteiger partial charge in [-0.25, -0.2) is 0 Å². The van der Waals surface area contributed by atoms with Gasteiger partial charge in [-0.2, -0.15) is 0 Å². The summed E-state index contributed by atoms with van der Waals surface area (Å²) in [6.07, 6.45) is 0. The van der Waals surface area contributed by atoms with Crippen LogP contribution in [-0.2, 0) is 0 Å². The summed E-state index contributed by atoms with van der Waals surface area (Å²) in [6, 6.07) is 15.2. The Bertz CT molecular complexity index is 794. The lowest BCUT2D eigenvalue weighted by atomic mass is 10.0. The Hall–Kier alpha value is -2.14. The van der Waals surface area contributed by atoms with Gasteiger partial charge in [0.05, 0.1) is 0 Å². The molecule has 5 heteroatoms. The van der Waals surface area contributed by atoms with Crippen molar-refractivity contribution in [1.82, 2.24) is 9.80 Å². The van der Waals surface area contributed by atoms with Gasteiger partial charge in [0, 0.05) is 41.8 Å². The number of amides is 2. The molecule has 0 unspecified atom stereocenters. The molecule has 0 aromatic heterocycles. The van der Waals surface area contributed by atoms with Crippen molar-refractivity contribution < 1.29 is 9.59 Å². The minimum atomic E-state index is 0.0136. The van der Waals surface area contributed by atoms with Gasteiger partial charge in [-0.05, 0) is 41.8 Å². The summed E-state index contributed by atoms with van der Waals surface area (Å²) in [7, 11) is 0. The molecule has 26 heavy (non-hydrogen) atoms. The van der Waals surface area contributed by atoms with Crippen molar-refractivity contribution in [3.8, 4) is 0 Å². The highest BCUT2D eigenvalue weighted by molar-refractivity contribution is 9.10. The minimum absolute atomic E-state index is 0.0136. The fraction of sp³-hybridized carbons (Fsp3) is 0.333. The maximum Gasteiger partial charge on any atom is 0.254 e. The number of rotatable bonds is 3. The van der Waals surface area contributed by atoms with Crippen LogP contribution < -0.4 is 0 Å². The number of benzene rings is 2. The van der Waals surface area contributed by atoms with Crippen molar-refractivity contribution in [3.05, 3.63) is 69.7 Å². The molecule has 2 aromatic rings. The van der Waals surface area contributed by atoms with Crippen LogP contribution in [0.4, 0.5) is 0 Å². The summed E-state index contributed by atoms with van der Waals surface area (Å²) in [4.78, 5) is 28.9. The minimum Gasteiger partial charge on any atom is -0.335 e. The summed E-state index contributed by atoms with van der Waals surface area (Å²) in [6.45, 7) is 6.51. The molecule has 2 aromatic carbocycles. The average molecular weight is 415 g/mol. The molecule has 3 rings (SSSR count). The number of halogens is 1. The first-order valence-electron chi connectivity index (χ1n) is 8.90. The van der Waals surface area contributed by atoms with Gasteiger partial charge < -0.3 is 9.80 Å². The second-order valence-corrected chi connectivity index (χ2v) is 7.79. The quantitative estimate of drug-likeness (QED) is 0.755. The van der Waals surface area contributed by atoms with Gasteiger partial charge in [-0.15, -0.1) is 0 Å². The predicted octanol–water partition coefficient (Wildman–Crippen LogP) is 4.17. The second kappa shape index (κ2) is 8.04. The number of hydrogen-bond donors (Lipinski definition) is 0. The maximum atomic E-state index is 12.7. The zero-order valence-electron chi connectivity index (χ0n) is 15.1. The molecule has 0 atom stereocenters. The average Bonchev–Trinajstić information content (AvgIpc) is 2.67. The van der Waals surface area contributed by atoms with Crippen molar-refractivity contribution in [2.24, 2.45) is 0 Å². The van der Waals surface area contributed by atoms with E-state index in [9.17, 15) is 9.59 Å². The summed E-state index contributed by atoms with van der Waals surface area (Å²) in [5.41, 5.74) is 2.61. The third-order valence-electron chi connectivity index (χ3n) is 4.75. The number of piperazine rings is 1. The van der Waals surface area contributed by atoms with Crippen LogP contribution in [0.3, 0.4) is 0 Å². The number of nitrogens with zero attached hydrogens (tertiary/aromatic N) is 2. The van der Waals surface area contributed by atoms with E-state index in [4.69, 9.17) is 0 Å². The Morgan fingerprint density at radius 3 is 1.88 bits per heavy atom. The van der Waals surface area contributed by atoms with Crippen molar-refractivity contribution in [3.63, 3.8) is 0 Å². The van der Waals surface area contributed by atoms with E-state index in [0.717, 1.165) is 4.47 Å². The van der Waals surface area contributed by atoms with E-state index >= 15 is 0 Å². The molecule has 1 fully saturated rings. The summed E-state index contributed by atoms with van der Waals surface area (Å²) < 4.78 is 0.891. The molecular formula is C21H23BrN2O2. The summed E-state index contributed by atoms with van der Waals surface area (Å²) in [5.74, 6) is 0.501. The van der Waals surface area contributed by atoms with Crippen LogP contribution >= 0.6 is 15.9 Å². The van der Waals surface area contributed by atoms with Crippen molar-refractivity contribution in [1.29, 1.82) is 0 Å². The highest BCUT2D eigenvalue weighted by Gasteiger charge is 2.25. The standard InChI is InChI=1S/C21H23BrN2O2/c1-15(2)16-6-8-17(9-7-16)20(25)23-10-12-24(13-11-23)21(26)18-4-3-5-19(22)14-18/h3-9,14-15H,10-13H2,1-2H3. The van der Waals surface area contributed by atoms with E-state index in [2.05, 4.69) is 29.8 Å². The van der Waals surface area contributed by atoms with Gasteiger partial charge >= 0.3 is 0 Å². The van der Waals surface area contributed by atoms with Crippen molar-refractivity contribution in [2.75, 3.05) is 26.2 Å². The fourth-order valence-electron chi connectivity index (χ4n) is 3.11. The zero-order valence-corrected chi connectivity index (χ0v) is 16.7. The van der Waals surface area contributed by atoms with Crippen LogP contribution in [0.1, 0.15) is 46.0 Å². The van der Waals surface area contributed by atoms with Gasteiger partial charge in [-0.3, -0.25) is 9.59 Å². The van der Waals surface area contributed by atoms with Crippen LogP contribution in [0.25, 0.3) is 0 Å². The number of carbonyl (C=O) groups excluding carboxylic acids is 2. The lowest BCUT2D eigenvalue weighted by molar-refractivity contribution is 0.0535. The van der Waals surface area contributed by atoms with Crippen LogP contribution in [0.2, 0.25) is 0 Å². The second-order valence-electron chi connectivity index (χ2n) is 6.87. The van der Waals surface area contributed by atoms with E-state index < -0.39 is 0 Å². The van der Waals surface area contributed by atoms with Crippen LogP contribution in [0, 0.1) is 0 Å². The van der Waals surface area contributed by atoms with Gasteiger partial charge in [0.15, 0.2) is 0 Å². The van der Waals surface area contributed by atoms with E-state index in [1.807, 2.05) is 58.3 Å². The number of carbonyl (C=O) groups is 2. The first-order chi connectivity index (χ1) is 12.5. The molecule has 0 N–H and O–H groups in total. The Labute approximate surface area is 162 Å². The molecular weight excluding hydrogens is 392 g/mol. The first kappa shape index (κ1) is 18.6. The van der Waals surface area contributed by atoms with Gasteiger partial charge in [0.25, 0.3) is 11.8 Å². The van der Waals surface area contributed by atoms with E-state index in [0.29, 0.717) is 43.2 Å². The SMILES string of the molecule is CC(C)c1ccc(C(=O)N2CCN(C(=O)c3cccc(Br)c3)CC2)cc1. The Morgan fingerprint density at radius 1 is 0.846 bits per heavy atom. The van der Waals surface area contributed by atoms with E-state index in [-0.39, 0.29) is 11.8 Å². The third kappa shape index (κ3) is 4.15. The Kier molecular flexibility index (Phi) is 5.77. The monoisotopic (exact) mass is 414 g/mol. The molecule has 0 saturated carbocycles. The smallest absolute Gasteiger partial charge is 0.254 e. The highest BCUT2D eigenvalue weighted by atomic mass is 79.9. The molecule has 4 nitrogen and oxygen atoms in total. The van der Waals surface area contributed by atoms with Gasteiger partial charge in [0.1, 0.15) is 0 Å². The summed E-state index contributed by atoms with van der Waals surface area (Å²) in [5, 5.41) is 0. The molecule has 1 saturated heterocycles. The molecule has 0 radical (unpaired) electrons. The third-order valence-corrected chi connectivity index (χ3v) is 5.24. The molecule has 0 bridgehead atoms. The topological polar surface area (TPSA) is 40.6 Å². The normalized spacial score (nSPS) is 14.6. The predicted molar refractivity (Wildman–Crippen MR) is 106 cm³/mol. The molecule has 1 heterocycles. The zero-order chi connectivity index (χ0) is 18.7. The fourth-order valence-corrected chi connectivity index (χ4v) is 3.51. The van der Waals surface area contributed by atoms with Crippen LogP contribution in [-0.4, -0.2) is 47.8 Å². The molecule has 136 valence electrons. The lowest BCUT2D eigenvalue weighted by Crippen LogP contribution is -2.50. The molecule has 1 aliphatic rings. The van der Waals surface area contributed by atoms with Crippen LogP contribution in [0.15, 0.2) is 53.0 Å². The summed E-state index contributed by atoms with van der Waals surface area (Å²) >= 11 is 3.40. The largest absolute Gasteiger partial charge is 0.335 e. The van der Waals surface area contributed by atoms with Crippen molar-refractivity contribution >= 4 is 27.7 Å². The van der Waals surface area contributed by atoms with Crippen LogP contribution in [0.5, 0.6) is 0 Å². The Morgan fingerprint density at radius 2 is 1.38 bits per heavy atom. The lowest BCUT2D eigenvalue weighted by Gasteiger charge is -2.35.